The molecule has 1 heteroatoms. The van der Waals surface area contributed by atoms with Crippen LogP contribution >= 0.6 is 11.3 Å². The van der Waals surface area contributed by atoms with Gasteiger partial charge in [-0.1, -0.05) is 146 Å². The summed E-state index contributed by atoms with van der Waals surface area (Å²) in [6.45, 7) is 0. The van der Waals surface area contributed by atoms with Gasteiger partial charge >= 0.3 is 0 Å². The number of hydrogen-bond acceptors (Lipinski definition) is 1. The Morgan fingerprint density at radius 3 is 1.62 bits per heavy atom. The zero-order chi connectivity index (χ0) is 35.8. The molecule has 0 N–H and O–H groups in total. The third kappa shape index (κ3) is 3.95. The van der Waals surface area contributed by atoms with Crippen molar-refractivity contribution in [1.29, 1.82) is 0 Å². The molecule has 12 aromatic carbocycles. The van der Waals surface area contributed by atoms with Crippen LogP contribution in [0.1, 0.15) is 0 Å². The van der Waals surface area contributed by atoms with Gasteiger partial charge in [-0.3, -0.25) is 0 Å². The molecule has 55 heavy (non-hydrogen) atoms. The molecule has 0 atom stereocenters. The topological polar surface area (TPSA) is 0 Å². The average molecular weight is 711 g/mol. The molecule has 0 unspecified atom stereocenters. The number of hydrogen-bond donors (Lipinski definition) is 0. The lowest BCUT2D eigenvalue weighted by atomic mass is 9.83. The van der Waals surface area contributed by atoms with Gasteiger partial charge in [0.15, 0.2) is 0 Å². The van der Waals surface area contributed by atoms with Gasteiger partial charge in [-0.25, -0.2) is 0 Å². The van der Waals surface area contributed by atoms with Crippen molar-refractivity contribution in [3.8, 4) is 33.4 Å². The van der Waals surface area contributed by atoms with E-state index in [1.54, 1.807) is 0 Å². The van der Waals surface area contributed by atoms with Crippen LogP contribution in [0.15, 0.2) is 182 Å². The zero-order valence-corrected chi connectivity index (χ0v) is 30.5. The molecule has 13 rings (SSSR count). The Hall–Kier alpha value is -6.80. The summed E-state index contributed by atoms with van der Waals surface area (Å²) in [4.78, 5) is 0. The van der Waals surface area contributed by atoms with Crippen molar-refractivity contribution in [3.05, 3.63) is 182 Å². The standard InChI is InChI=1S/C54H30S/c1-3-13-31(14-4-1)49-45-30-43-37-19-8-7-18-36(37)39-21-12-23-41(51(39)43)52(45)50(32-15-5-2-6-16-32)54-44-29-35(27-34-17-11-22-40(48(34)44)53(49)54)33-25-26-47-42(28-33)38-20-9-10-24-46(38)55-47/h1-30H. The van der Waals surface area contributed by atoms with Gasteiger partial charge in [0.05, 0.1) is 0 Å². The smallest absolute Gasteiger partial charge is 0.0355 e. The van der Waals surface area contributed by atoms with Crippen molar-refractivity contribution >= 4 is 107 Å². The first-order chi connectivity index (χ1) is 27.3. The van der Waals surface area contributed by atoms with E-state index in [1.165, 1.54) is 129 Å². The molecule has 0 saturated heterocycles. The summed E-state index contributed by atoms with van der Waals surface area (Å²) in [6.07, 6.45) is 0. The second kappa shape index (κ2) is 10.9. The molecule has 0 bridgehead atoms. The summed E-state index contributed by atoms with van der Waals surface area (Å²) in [6, 6.07) is 68.5. The van der Waals surface area contributed by atoms with Crippen LogP contribution in [-0.4, -0.2) is 0 Å². The predicted octanol–water partition coefficient (Wildman–Crippen LogP) is 16.0. The van der Waals surface area contributed by atoms with E-state index in [1.807, 2.05) is 11.3 Å². The molecule has 13 aromatic rings. The Bertz CT molecular complexity index is 3680. The Balaban J connectivity index is 1.28. The molecule has 0 amide bonds. The minimum atomic E-state index is 1.25. The summed E-state index contributed by atoms with van der Waals surface area (Å²) < 4.78 is 2.67. The van der Waals surface area contributed by atoms with Crippen LogP contribution in [0.4, 0.5) is 0 Å². The van der Waals surface area contributed by atoms with Gasteiger partial charge in [0.25, 0.3) is 0 Å². The normalized spacial score (nSPS) is 12.4. The first kappa shape index (κ1) is 29.6. The number of thiophene rings is 1. The second-order valence-corrected chi connectivity index (χ2v) is 16.2. The van der Waals surface area contributed by atoms with Crippen molar-refractivity contribution in [2.24, 2.45) is 0 Å². The Labute approximate surface area is 320 Å². The van der Waals surface area contributed by atoms with Crippen LogP contribution in [0.5, 0.6) is 0 Å². The van der Waals surface area contributed by atoms with Crippen LogP contribution in [0, 0.1) is 0 Å². The first-order valence-electron chi connectivity index (χ1n) is 19.1. The van der Waals surface area contributed by atoms with Crippen LogP contribution in [0.25, 0.3) is 129 Å². The van der Waals surface area contributed by atoms with Gasteiger partial charge in [0.2, 0.25) is 0 Å². The average Bonchev–Trinajstić information content (AvgIpc) is 3.90. The van der Waals surface area contributed by atoms with Crippen LogP contribution < -0.4 is 0 Å². The highest BCUT2D eigenvalue weighted by Crippen LogP contribution is 2.55. The van der Waals surface area contributed by atoms with E-state index in [0.717, 1.165) is 0 Å². The summed E-state index contributed by atoms with van der Waals surface area (Å²) in [5.41, 5.74) is 7.63. The predicted molar refractivity (Wildman–Crippen MR) is 241 cm³/mol. The first-order valence-corrected chi connectivity index (χ1v) is 19.9. The van der Waals surface area contributed by atoms with Gasteiger partial charge < -0.3 is 0 Å². The third-order valence-electron chi connectivity index (χ3n) is 12.3. The molecule has 0 aliphatic heterocycles. The van der Waals surface area contributed by atoms with Crippen LogP contribution in [0.3, 0.4) is 0 Å². The molecular weight excluding hydrogens is 681 g/mol. The van der Waals surface area contributed by atoms with E-state index in [9.17, 15) is 0 Å². The monoisotopic (exact) mass is 710 g/mol. The molecule has 0 spiro atoms. The lowest BCUT2D eigenvalue weighted by Gasteiger charge is -2.19. The number of fused-ring (bicyclic) bond motifs is 11. The maximum Gasteiger partial charge on any atom is 0.0355 e. The van der Waals surface area contributed by atoms with Gasteiger partial charge in [0.1, 0.15) is 0 Å². The second-order valence-electron chi connectivity index (χ2n) is 15.1. The summed E-state index contributed by atoms with van der Waals surface area (Å²) >= 11 is 1.88. The molecule has 1 aromatic heterocycles. The van der Waals surface area contributed by atoms with E-state index in [-0.39, 0.29) is 0 Å². The van der Waals surface area contributed by atoms with Crippen molar-refractivity contribution < 1.29 is 0 Å². The molecule has 0 nitrogen and oxygen atoms in total. The lowest BCUT2D eigenvalue weighted by Crippen LogP contribution is -1.91. The molecule has 0 saturated carbocycles. The van der Waals surface area contributed by atoms with E-state index in [2.05, 4.69) is 182 Å². The van der Waals surface area contributed by atoms with Crippen molar-refractivity contribution in [2.45, 2.75) is 0 Å². The van der Waals surface area contributed by atoms with Crippen molar-refractivity contribution in [2.75, 3.05) is 0 Å². The minimum Gasteiger partial charge on any atom is -0.135 e. The largest absolute Gasteiger partial charge is 0.135 e. The fourth-order valence-corrected chi connectivity index (χ4v) is 11.2. The Morgan fingerprint density at radius 2 is 0.818 bits per heavy atom. The molecule has 0 aliphatic rings. The van der Waals surface area contributed by atoms with E-state index >= 15 is 0 Å². The van der Waals surface area contributed by atoms with Crippen LogP contribution in [0.2, 0.25) is 0 Å². The molecule has 0 radical (unpaired) electrons. The third-order valence-corrected chi connectivity index (χ3v) is 13.4. The van der Waals surface area contributed by atoms with E-state index in [0.29, 0.717) is 0 Å². The molecule has 0 fully saturated rings. The van der Waals surface area contributed by atoms with E-state index < -0.39 is 0 Å². The summed E-state index contributed by atoms with van der Waals surface area (Å²) in [5, 5.41) is 21.2. The van der Waals surface area contributed by atoms with E-state index in [4.69, 9.17) is 0 Å². The molecule has 1 heterocycles. The maximum atomic E-state index is 2.52. The quantitative estimate of drug-likeness (QED) is 0.160. The highest BCUT2D eigenvalue weighted by Gasteiger charge is 2.26. The highest BCUT2D eigenvalue weighted by molar-refractivity contribution is 7.25. The zero-order valence-electron chi connectivity index (χ0n) is 29.7. The lowest BCUT2D eigenvalue weighted by molar-refractivity contribution is 1.68. The fourth-order valence-electron chi connectivity index (χ4n) is 10.1. The van der Waals surface area contributed by atoms with Gasteiger partial charge in [-0.05, 0) is 145 Å². The Kier molecular flexibility index (Phi) is 5.86. The molecule has 252 valence electrons. The van der Waals surface area contributed by atoms with Crippen molar-refractivity contribution in [3.63, 3.8) is 0 Å². The van der Waals surface area contributed by atoms with Crippen molar-refractivity contribution in [1.82, 2.24) is 0 Å². The maximum absolute atomic E-state index is 2.52. The number of rotatable bonds is 3. The molecule has 0 aliphatic carbocycles. The number of benzene rings is 10. The summed E-state index contributed by atoms with van der Waals surface area (Å²) in [7, 11) is 0. The minimum absolute atomic E-state index is 1.25. The van der Waals surface area contributed by atoms with Gasteiger partial charge in [-0.2, -0.15) is 0 Å². The SMILES string of the molecule is c1ccc(-c2c3cc4c5ccccc5c5cccc(c3c(-c3ccccc3)c3c6cc(-c7ccc8sc9ccccc9c8c7)cc7cccc(c23)c76)c54)cc1. The van der Waals surface area contributed by atoms with Gasteiger partial charge in [-0.15, -0.1) is 11.3 Å². The van der Waals surface area contributed by atoms with Crippen LogP contribution in [-0.2, 0) is 0 Å². The molecular formula is C54H30S. The summed E-state index contributed by atoms with van der Waals surface area (Å²) in [5.74, 6) is 0. The Morgan fingerprint density at radius 1 is 0.236 bits per heavy atom. The highest BCUT2D eigenvalue weighted by atomic mass is 32.1. The fraction of sp³-hybridized carbons (Fsp3) is 0. The van der Waals surface area contributed by atoms with Gasteiger partial charge in [0, 0.05) is 20.2 Å².